The zero-order chi connectivity index (χ0) is 29.0. The van der Waals surface area contributed by atoms with Crippen molar-refractivity contribution in [2.75, 3.05) is 58.5 Å². The summed E-state index contributed by atoms with van der Waals surface area (Å²) >= 11 is -1.87. The van der Waals surface area contributed by atoms with Gasteiger partial charge in [-0.25, -0.2) is 0 Å². The molecule has 214 valence electrons. The summed E-state index contributed by atoms with van der Waals surface area (Å²) in [4.78, 5) is 19.9. The maximum atomic E-state index is 14.6. The van der Waals surface area contributed by atoms with Gasteiger partial charge in [0, 0.05) is 14.1 Å². The van der Waals surface area contributed by atoms with Crippen molar-refractivity contribution in [2.24, 2.45) is 0 Å². The third kappa shape index (κ3) is 6.99. The first-order chi connectivity index (χ1) is 19.0. The van der Waals surface area contributed by atoms with Gasteiger partial charge in [0.25, 0.3) is 0 Å². The van der Waals surface area contributed by atoms with Crippen molar-refractivity contribution in [1.29, 1.82) is 0 Å². The number of ether oxygens (including phenoxy) is 1. The summed E-state index contributed by atoms with van der Waals surface area (Å²) in [5, 5.41) is 1.80. The molecule has 1 aliphatic heterocycles. The van der Waals surface area contributed by atoms with Crippen LogP contribution in [-0.2, 0) is 0 Å². The number of amides is 1. The minimum atomic E-state index is -4.40. The Morgan fingerprint density at radius 3 is 2.75 bits per heavy atom. The fourth-order valence-electron chi connectivity index (χ4n) is 4.39. The molecule has 2 N–H and O–H groups in total. The number of methoxy groups -OCH3 is 1. The number of hydrogen-bond acceptors (Lipinski definition) is 6. The molecule has 0 radical (unpaired) electrons. The van der Waals surface area contributed by atoms with Gasteiger partial charge < -0.3 is 0 Å². The third-order valence-corrected chi connectivity index (χ3v) is 8.14. The van der Waals surface area contributed by atoms with E-state index >= 15 is 0 Å². The van der Waals surface area contributed by atoms with Crippen LogP contribution in [0.25, 0.3) is 5.52 Å². The molecule has 0 spiro atoms. The monoisotopic (exact) mass is 626 g/mol. The molecule has 8 nitrogen and oxygen atoms in total. The summed E-state index contributed by atoms with van der Waals surface area (Å²) in [7, 11) is 6.62. The van der Waals surface area contributed by atoms with E-state index in [1.165, 1.54) is 28.8 Å². The second kappa shape index (κ2) is 12.4. The van der Waals surface area contributed by atoms with Crippen LogP contribution in [0.15, 0.2) is 36.7 Å². The van der Waals surface area contributed by atoms with Gasteiger partial charge in [-0.3, -0.25) is 0 Å². The van der Waals surface area contributed by atoms with Crippen molar-refractivity contribution in [1.82, 2.24) is 19.2 Å². The number of carbonyl (C=O) groups is 1. The Morgan fingerprint density at radius 2 is 2.08 bits per heavy atom. The minimum absolute atomic E-state index is 0.0391. The first kappa shape index (κ1) is 29.5. The molecule has 2 atom stereocenters. The van der Waals surface area contributed by atoms with Crippen LogP contribution in [-0.4, -0.2) is 105 Å². The van der Waals surface area contributed by atoms with Gasteiger partial charge in [-0.15, -0.1) is 0 Å². The van der Waals surface area contributed by atoms with E-state index in [0.29, 0.717) is 41.3 Å². The molecule has 1 aliphatic rings. The third-order valence-electron chi connectivity index (χ3n) is 6.38. The Kier molecular flexibility index (Phi) is 9.13. The van der Waals surface area contributed by atoms with Gasteiger partial charge in [-0.05, 0) is 0 Å². The molecule has 0 unspecified atom stereocenters. The number of carbonyl (C=O) groups excluding carboxylic acids is 1. The molecule has 3 aromatic rings. The van der Waals surface area contributed by atoms with Crippen molar-refractivity contribution < 1.29 is 27.1 Å². The molecule has 1 fully saturated rings. The number of likely N-dealkylation sites (tertiary alicyclic amines) is 1. The topological polar surface area (TPSA) is 74.1 Å². The summed E-state index contributed by atoms with van der Waals surface area (Å²) in [5.41, 5.74) is 1.68. The van der Waals surface area contributed by atoms with E-state index in [0.717, 1.165) is 0 Å². The van der Waals surface area contributed by atoms with E-state index < -0.39 is 32.2 Å². The van der Waals surface area contributed by atoms with E-state index in [-0.39, 0.29) is 29.2 Å². The van der Waals surface area contributed by atoms with Crippen LogP contribution in [0.2, 0.25) is 0 Å². The summed E-state index contributed by atoms with van der Waals surface area (Å²) in [6, 6.07) is 6.02. The van der Waals surface area contributed by atoms with Crippen molar-refractivity contribution in [3.05, 3.63) is 47.8 Å². The number of nitrogens with zero attached hydrogens (tertiary/aromatic N) is 4. The first-order valence-electron chi connectivity index (χ1n) is 12.4. The Morgan fingerprint density at radius 1 is 1.30 bits per heavy atom. The van der Waals surface area contributed by atoms with Gasteiger partial charge >= 0.3 is 222 Å². The normalized spacial score (nSPS) is 17.7. The molecule has 0 aliphatic carbocycles. The molecule has 0 saturated carbocycles. The van der Waals surface area contributed by atoms with E-state index in [9.17, 15) is 22.4 Å². The van der Waals surface area contributed by atoms with Crippen LogP contribution in [0, 0.1) is 11.8 Å². The van der Waals surface area contributed by atoms with Gasteiger partial charge in [0.05, 0.1) is 0 Å². The van der Waals surface area contributed by atoms with Gasteiger partial charge in [0.15, 0.2) is 0 Å². The van der Waals surface area contributed by atoms with Crippen LogP contribution in [0.5, 0.6) is 5.75 Å². The van der Waals surface area contributed by atoms with Crippen LogP contribution in [0.4, 0.5) is 29.1 Å². The van der Waals surface area contributed by atoms with Crippen LogP contribution in [0.3, 0.4) is 0 Å². The SMILES string of the molecule is COc1cc(C(=O)N(C)C)ccc1NCC#Cc1cc2c(N[C@@H]3CCN(C)C[C@@H]3F)nccn2c1[Se]C(F)(F)F. The molecule has 4 rings (SSSR count). The molecule has 1 amide bonds. The summed E-state index contributed by atoms with van der Waals surface area (Å²) in [6.07, 6.45) is 2.29. The average Bonchev–Trinajstić information content (AvgIpc) is 3.24. The van der Waals surface area contributed by atoms with Crippen LogP contribution in [0.1, 0.15) is 22.3 Å². The van der Waals surface area contributed by atoms with E-state index in [1.807, 2.05) is 11.9 Å². The summed E-state index contributed by atoms with van der Waals surface area (Å²) < 4.78 is 62.1. The number of aromatic nitrogens is 2. The predicted octanol–water partition coefficient (Wildman–Crippen LogP) is 2.81. The Hall–Kier alpha value is -3.46. The number of piperidine rings is 1. The molecule has 3 heterocycles. The van der Waals surface area contributed by atoms with Crippen LogP contribution < -0.4 is 20.0 Å². The number of anilines is 2. The zero-order valence-electron chi connectivity index (χ0n) is 22.5. The molecule has 0 bridgehead atoms. The van der Waals surface area contributed by atoms with E-state index in [2.05, 4.69) is 27.5 Å². The standard InChI is InChI=1S/C27H30F4N6O2Se/c1-35(2)25(38)17-7-8-21(23(15-17)39-4)32-10-5-6-18-14-22-24(34-20-9-12-36(3)16-19(20)28)33-11-13-37(22)26(18)40-27(29,30)31/h7-8,11,13-15,19-20,32H,9-10,12,16H2,1-4H3,(H,33,34)/t19-,20+/m0/s1. The van der Waals surface area contributed by atoms with E-state index in [4.69, 9.17) is 4.74 Å². The van der Waals surface area contributed by atoms with E-state index in [1.54, 1.807) is 38.4 Å². The molecule has 40 heavy (non-hydrogen) atoms. The Bertz CT molecular complexity index is 1430. The van der Waals surface area contributed by atoms with Gasteiger partial charge in [-0.2, -0.15) is 0 Å². The van der Waals surface area contributed by atoms with Crippen molar-refractivity contribution in [3.63, 3.8) is 0 Å². The van der Waals surface area contributed by atoms with Crippen molar-refractivity contribution >= 4 is 42.5 Å². The molecule has 13 heteroatoms. The van der Waals surface area contributed by atoms with Crippen LogP contribution >= 0.6 is 0 Å². The quantitative estimate of drug-likeness (QED) is 0.239. The van der Waals surface area contributed by atoms with Gasteiger partial charge in [0.1, 0.15) is 0 Å². The first-order valence-corrected chi connectivity index (χ1v) is 14.2. The Labute approximate surface area is 236 Å². The van der Waals surface area contributed by atoms with Crippen molar-refractivity contribution in [2.45, 2.75) is 23.7 Å². The number of alkyl halides is 4. The van der Waals surface area contributed by atoms with Gasteiger partial charge in [0.2, 0.25) is 0 Å². The maximum absolute atomic E-state index is 14.6. The number of halogens is 4. The number of fused-ring (bicyclic) bond motifs is 1. The molecular formula is C27H30F4N6O2Se. The average molecular weight is 626 g/mol. The fourth-order valence-corrected chi connectivity index (χ4v) is 5.86. The van der Waals surface area contributed by atoms with Gasteiger partial charge in [-0.1, -0.05) is 0 Å². The number of benzene rings is 1. The molecule has 2 aromatic heterocycles. The molecule has 1 aromatic carbocycles. The molecule has 1 saturated heterocycles. The molecular weight excluding hydrogens is 595 g/mol. The number of hydrogen-bond donors (Lipinski definition) is 2. The second-order valence-electron chi connectivity index (χ2n) is 9.53. The summed E-state index contributed by atoms with van der Waals surface area (Å²) in [5.74, 6) is 6.34. The predicted molar refractivity (Wildman–Crippen MR) is 147 cm³/mol. The summed E-state index contributed by atoms with van der Waals surface area (Å²) in [6.45, 7) is 1.09. The van der Waals surface area contributed by atoms with Crippen molar-refractivity contribution in [3.8, 4) is 17.6 Å². The zero-order valence-corrected chi connectivity index (χ0v) is 24.2. The fraction of sp³-hybridized carbons (Fsp3) is 0.407. The second-order valence-corrected chi connectivity index (χ2v) is 11.7. The number of nitrogens with one attached hydrogen (secondary N) is 2. The Balaban J connectivity index is 1.59. The number of rotatable bonds is 7.